The second kappa shape index (κ2) is 8.81. The van der Waals surface area contributed by atoms with Gasteiger partial charge in [0.15, 0.2) is 0 Å². The van der Waals surface area contributed by atoms with Crippen molar-refractivity contribution in [1.29, 1.82) is 0 Å². The van der Waals surface area contributed by atoms with Gasteiger partial charge in [-0.05, 0) is 56.5 Å². The molecule has 5 heteroatoms. The highest BCUT2D eigenvalue weighted by molar-refractivity contribution is 5.51. The van der Waals surface area contributed by atoms with Gasteiger partial charge in [0.25, 0.3) is 5.69 Å². The van der Waals surface area contributed by atoms with Crippen molar-refractivity contribution in [2.75, 3.05) is 31.6 Å². The molecule has 2 aromatic carbocycles. The van der Waals surface area contributed by atoms with Gasteiger partial charge in [0.1, 0.15) is 0 Å². The first-order valence-electron chi connectivity index (χ1n) is 9.33. The molecule has 1 saturated heterocycles. The summed E-state index contributed by atoms with van der Waals surface area (Å²) in [4.78, 5) is 15.2. The SMILES string of the molecule is CN(CCC1CCN(c2ccc([N+](=O)[O-])cc2)CC1)Cc1ccccc1. The lowest BCUT2D eigenvalue weighted by molar-refractivity contribution is -0.384. The molecule has 1 aliphatic heterocycles. The molecule has 0 spiro atoms. The number of nitro benzene ring substituents is 1. The van der Waals surface area contributed by atoms with E-state index in [1.54, 1.807) is 12.1 Å². The predicted molar refractivity (Wildman–Crippen MR) is 105 cm³/mol. The predicted octanol–water partition coefficient (Wildman–Crippen LogP) is 4.33. The minimum atomic E-state index is -0.345. The third-order valence-electron chi connectivity index (χ3n) is 5.25. The van der Waals surface area contributed by atoms with Gasteiger partial charge in [-0.2, -0.15) is 0 Å². The molecule has 138 valence electrons. The molecule has 0 aromatic heterocycles. The molecular weight excluding hydrogens is 326 g/mol. The zero-order chi connectivity index (χ0) is 18.4. The second-order valence-corrected chi connectivity index (χ2v) is 7.22. The molecule has 0 amide bonds. The van der Waals surface area contributed by atoms with Gasteiger partial charge in [-0.1, -0.05) is 30.3 Å². The normalized spacial score (nSPS) is 15.4. The molecule has 2 aromatic rings. The van der Waals surface area contributed by atoms with Gasteiger partial charge in [-0.3, -0.25) is 10.1 Å². The lowest BCUT2D eigenvalue weighted by Crippen LogP contribution is -2.34. The highest BCUT2D eigenvalue weighted by atomic mass is 16.6. The van der Waals surface area contributed by atoms with Gasteiger partial charge in [0.2, 0.25) is 0 Å². The molecule has 26 heavy (non-hydrogen) atoms. The molecule has 5 nitrogen and oxygen atoms in total. The molecule has 3 rings (SSSR count). The van der Waals surface area contributed by atoms with Crippen molar-refractivity contribution in [3.05, 3.63) is 70.3 Å². The minimum Gasteiger partial charge on any atom is -0.372 e. The van der Waals surface area contributed by atoms with Gasteiger partial charge in [0, 0.05) is 37.5 Å². The van der Waals surface area contributed by atoms with Crippen LogP contribution in [-0.4, -0.2) is 36.5 Å². The third kappa shape index (κ3) is 5.05. The maximum atomic E-state index is 10.8. The lowest BCUT2D eigenvalue weighted by Gasteiger charge is -2.34. The van der Waals surface area contributed by atoms with E-state index in [-0.39, 0.29) is 10.6 Å². The van der Waals surface area contributed by atoms with Crippen LogP contribution in [0.25, 0.3) is 0 Å². The Morgan fingerprint density at radius 3 is 2.35 bits per heavy atom. The van der Waals surface area contributed by atoms with Crippen LogP contribution in [0.1, 0.15) is 24.8 Å². The molecule has 1 aliphatic rings. The third-order valence-corrected chi connectivity index (χ3v) is 5.25. The summed E-state index contributed by atoms with van der Waals surface area (Å²) < 4.78 is 0. The van der Waals surface area contributed by atoms with Crippen molar-refractivity contribution in [2.24, 2.45) is 5.92 Å². The van der Waals surface area contributed by atoms with Crippen LogP contribution >= 0.6 is 0 Å². The number of piperidine rings is 1. The van der Waals surface area contributed by atoms with Gasteiger partial charge in [-0.25, -0.2) is 0 Å². The molecule has 1 fully saturated rings. The lowest BCUT2D eigenvalue weighted by atomic mass is 9.93. The number of hydrogen-bond acceptors (Lipinski definition) is 4. The number of nitrogens with zero attached hydrogens (tertiary/aromatic N) is 3. The van der Waals surface area contributed by atoms with Crippen molar-refractivity contribution in [2.45, 2.75) is 25.8 Å². The first-order valence-corrected chi connectivity index (χ1v) is 9.33. The zero-order valence-electron chi connectivity index (χ0n) is 15.4. The monoisotopic (exact) mass is 353 g/mol. The number of non-ortho nitro benzene ring substituents is 1. The van der Waals surface area contributed by atoms with Crippen LogP contribution in [-0.2, 0) is 6.54 Å². The van der Waals surface area contributed by atoms with E-state index in [0.717, 1.165) is 37.8 Å². The fourth-order valence-corrected chi connectivity index (χ4v) is 3.64. The molecule has 0 N–H and O–H groups in total. The molecular formula is C21H27N3O2. The van der Waals surface area contributed by atoms with Gasteiger partial charge >= 0.3 is 0 Å². The topological polar surface area (TPSA) is 49.6 Å². The van der Waals surface area contributed by atoms with Crippen LogP contribution in [0.3, 0.4) is 0 Å². The number of nitro groups is 1. The highest BCUT2D eigenvalue weighted by Crippen LogP contribution is 2.26. The van der Waals surface area contributed by atoms with Crippen molar-refractivity contribution in [1.82, 2.24) is 4.90 Å². The van der Waals surface area contributed by atoms with E-state index in [4.69, 9.17) is 0 Å². The highest BCUT2D eigenvalue weighted by Gasteiger charge is 2.20. The van der Waals surface area contributed by atoms with Crippen LogP contribution in [0.2, 0.25) is 0 Å². The van der Waals surface area contributed by atoms with Crippen LogP contribution in [0.4, 0.5) is 11.4 Å². The van der Waals surface area contributed by atoms with E-state index < -0.39 is 0 Å². The average molecular weight is 353 g/mol. The molecule has 0 atom stereocenters. The Kier molecular flexibility index (Phi) is 6.23. The van der Waals surface area contributed by atoms with Crippen molar-refractivity contribution >= 4 is 11.4 Å². The van der Waals surface area contributed by atoms with E-state index in [0.29, 0.717) is 0 Å². The summed E-state index contributed by atoms with van der Waals surface area (Å²) in [6.07, 6.45) is 3.61. The molecule has 1 heterocycles. The number of benzene rings is 2. The summed E-state index contributed by atoms with van der Waals surface area (Å²) in [6.45, 7) is 4.19. The Hall–Kier alpha value is -2.40. The summed E-state index contributed by atoms with van der Waals surface area (Å²) in [6, 6.07) is 17.5. The Labute approximate surface area is 155 Å². The van der Waals surface area contributed by atoms with Crippen LogP contribution < -0.4 is 4.90 Å². The Bertz CT molecular complexity index is 695. The van der Waals surface area contributed by atoms with E-state index in [1.165, 1.54) is 24.8 Å². The minimum absolute atomic E-state index is 0.157. The van der Waals surface area contributed by atoms with E-state index in [1.807, 2.05) is 12.1 Å². The average Bonchev–Trinajstić information content (AvgIpc) is 2.68. The maximum absolute atomic E-state index is 10.8. The molecule has 0 saturated carbocycles. The summed E-state index contributed by atoms with van der Waals surface area (Å²) >= 11 is 0. The molecule has 0 radical (unpaired) electrons. The van der Waals surface area contributed by atoms with Crippen molar-refractivity contribution < 1.29 is 4.92 Å². The Morgan fingerprint density at radius 2 is 1.73 bits per heavy atom. The number of anilines is 1. The standard InChI is InChI=1S/C21H27N3O2/c1-22(17-19-5-3-2-4-6-19)14-11-18-12-15-23(16-13-18)20-7-9-21(10-8-20)24(25)26/h2-10,18H,11-17H2,1H3. The fraction of sp³-hybridized carbons (Fsp3) is 0.429. The largest absolute Gasteiger partial charge is 0.372 e. The molecule has 0 unspecified atom stereocenters. The summed E-state index contributed by atoms with van der Waals surface area (Å²) in [5.41, 5.74) is 2.61. The summed E-state index contributed by atoms with van der Waals surface area (Å²) in [7, 11) is 2.19. The Balaban J connectivity index is 1.41. The fourth-order valence-electron chi connectivity index (χ4n) is 3.64. The molecule has 0 aliphatic carbocycles. The molecule has 0 bridgehead atoms. The number of hydrogen-bond donors (Lipinski definition) is 0. The first-order chi connectivity index (χ1) is 12.6. The van der Waals surface area contributed by atoms with Crippen LogP contribution in [0.5, 0.6) is 0 Å². The van der Waals surface area contributed by atoms with Gasteiger partial charge < -0.3 is 9.80 Å². The maximum Gasteiger partial charge on any atom is 0.269 e. The van der Waals surface area contributed by atoms with Gasteiger partial charge in [0.05, 0.1) is 4.92 Å². The second-order valence-electron chi connectivity index (χ2n) is 7.22. The van der Waals surface area contributed by atoms with E-state index in [9.17, 15) is 10.1 Å². The van der Waals surface area contributed by atoms with Crippen molar-refractivity contribution in [3.63, 3.8) is 0 Å². The van der Waals surface area contributed by atoms with Crippen LogP contribution in [0.15, 0.2) is 54.6 Å². The van der Waals surface area contributed by atoms with E-state index >= 15 is 0 Å². The Morgan fingerprint density at radius 1 is 1.08 bits per heavy atom. The van der Waals surface area contributed by atoms with Crippen molar-refractivity contribution in [3.8, 4) is 0 Å². The summed E-state index contributed by atoms with van der Waals surface area (Å²) in [5.74, 6) is 0.766. The van der Waals surface area contributed by atoms with Crippen LogP contribution in [0, 0.1) is 16.0 Å². The van der Waals surface area contributed by atoms with E-state index in [2.05, 4.69) is 47.2 Å². The smallest absolute Gasteiger partial charge is 0.269 e. The number of rotatable bonds is 7. The summed E-state index contributed by atoms with van der Waals surface area (Å²) in [5, 5.41) is 10.8. The quantitative estimate of drug-likeness (QED) is 0.549. The zero-order valence-corrected chi connectivity index (χ0v) is 15.4. The van der Waals surface area contributed by atoms with Gasteiger partial charge in [-0.15, -0.1) is 0 Å². The first kappa shape index (κ1) is 18.4.